The Morgan fingerprint density at radius 2 is 2.14 bits per heavy atom. The highest BCUT2D eigenvalue weighted by molar-refractivity contribution is 8.39. The number of hydrogen-bond donors (Lipinski definition) is 0. The van der Waals surface area contributed by atoms with Gasteiger partial charge in [0.15, 0.2) is 0 Å². The van der Waals surface area contributed by atoms with Crippen LogP contribution in [0.5, 0.6) is 0 Å². The molecule has 0 N–H and O–H groups in total. The lowest BCUT2D eigenvalue weighted by atomic mass is 10.2. The van der Waals surface area contributed by atoms with Gasteiger partial charge in [-0.25, -0.2) is 0 Å². The van der Waals surface area contributed by atoms with E-state index in [0.29, 0.717) is 6.04 Å². The molecular weight excluding hydrogens is 210 g/mol. The third kappa shape index (κ3) is 1.71. The second kappa shape index (κ2) is 3.31. The van der Waals surface area contributed by atoms with E-state index in [-0.39, 0.29) is 0 Å². The van der Waals surface area contributed by atoms with Gasteiger partial charge in [-0.05, 0) is 25.5 Å². The molecule has 1 aliphatic heterocycles. The summed E-state index contributed by atoms with van der Waals surface area (Å²) in [6, 6.07) is 9.32. The van der Waals surface area contributed by atoms with Crippen molar-refractivity contribution in [1.82, 2.24) is 0 Å². The van der Waals surface area contributed by atoms with Gasteiger partial charge in [-0.1, -0.05) is 41.2 Å². The molecule has 0 amide bonds. The second-order valence-corrected chi connectivity index (χ2v) is 6.32. The molecule has 1 fully saturated rings. The summed E-state index contributed by atoms with van der Waals surface area (Å²) in [5.41, 5.74) is 1.32. The third-order valence-electron chi connectivity index (χ3n) is 2.45. The molecule has 3 heteroatoms. The quantitative estimate of drug-likeness (QED) is 0.721. The molecule has 1 heterocycles. The van der Waals surface area contributed by atoms with Gasteiger partial charge in [0.1, 0.15) is 4.38 Å². The van der Waals surface area contributed by atoms with Gasteiger partial charge in [0, 0.05) is 10.1 Å². The summed E-state index contributed by atoms with van der Waals surface area (Å²) in [5.74, 6) is 0. The molecule has 14 heavy (non-hydrogen) atoms. The van der Waals surface area contributed by atoms with Crippen LogP contribution in [0.1, 0.15) is 12.0 Å². The largest absolute Gasteiger partial charge is 0.267 e. The summed E-state index contributed by atoms with van der Waals surface area (Å²) >= 11 is 3.76. The van der Waals surface area contributed by atoms with Crippen LogP contribution in [0.4, 0.5) is 0 Å². The van der Waals surface area contributed by atoms with Gasteiger partial charge >= 0.3 is 0 Å². The monoisotopic (exact) mass is 221 g/mol. The van der Waals surface area contributed by atoms with Crippen LogP contribution < -0.4 is 0 Å². The fourth-order valence-corrected chi connectivity index (χ4v) is 3.96. The van der Waals surface area contributed by atoms with E-state index in [9.17, 15) is 0 Å². The zero-order chi connectivity index (χ0) is 9.54. The van der Waals surface area contributed by atoms with Crippen LogP contribution in [0, 0.1) is 6.92 Å². The van der Waals surface area contributed by atoms with Crippen molar-refractivity contribution >= 4 is 27.9 Å². The van der Waals surface area contributed by atoms with E-state index in [4.69, 9.17) is 0 Å². The molecular formula is C11H11NS2. The van der Waals surface area contributed by atoms with Crippen LogP contribution in [0.15, 0.2) is 34.2 Å². The van der Waals surface area contributed by atoms with Crippen LogP contribution in [0.3, 0.4) is 0 Å². The smallest absolute Gasteiger partial charge is 0.130 e. The highest BCUT2D eigenvalue weighted by atomic mass is 32.2. The predicted octanol–water partition coefficient (Wildman–Crippen LogP) is 3.33. The highest BCUT2D eigenvalue weighted by Crippen LogP contribution is 2.48. The number of hydrogen-bond acceptors (Lipinski definition) is 3. The summed E-state index contributed by atoms with van der Waals surface area (Å²) < 4.78 is 1.26. The van der Waals surface area contributed by atoms with E-state index in [0.717, 1.165) is 5.25 Å². The van der Waals surface area contributed by atoms with E-state index in [1.54, 1.807) is 0 Å². The molecule has 72 valence electrons. The van der Waals surface area contributed by atoms with Crippen molar-refractivity contribution in [1.29, 1.82) is 0 Å². The van der Waals surface area contributed by atoms with Crippen LogP contribution in [-0.2, 0) is 0 Å². The minimum absolute atomic E-state index is 0.660. The molecule has 1 aromatic carbocycles. The summed E-state index contributed by atoms with van der Waals surface area (Å²) in [4.78, 5) is 5.93. The molecule has 0 aromatic heterocycles. The standard InChI is InChI=1S/C11H11NS2/c1-7-2-4-8(5-3-7)13-11-12-9-6-10(9)14-11/h2-5,9-10H,6H2,1H3. The van der Waals surface area contributed by atoms with Gasteiger partial charge in [0.05, 0.1) is 6.04 Å². The van der Waals surface area contributed by atoms with Crippen LogP contribution in [0.2, 0.25) is 0 Å². The Morgan fingerprint density at radius 3 is 2.79 bits per heavy atom. The summed E-state index contributed by atoms with van der Waals surface area (Å²) in [6.07, 6.45) is 1.31. The summed E-state index contributed by atoms with van der Waals surface area (Å²) in [7, 11) is 0. The molecule has 2 aliphatic rings. The lowest BCUT2D eigenvalue weighted by Crippen LogP contribution is -1.83. The normalized spacial score (nSPS) is 28.5. The van der Waals surface area contributed by atoms with Gasteiger partial charge in [-0.2, -0.15) is 0 Å². The molecule has 0 spiro atoms. The Balaban J connectivity index is 1.72. The van der Waals surface area contributed by atoms with Gasteiger partial charge in [-0.3, -0.25) is 4.99 Å². The number of thioether (sulfide) groups is 2. The first-order chi connectivity index (χ1) is 6.81. The van der Waals surface area contributed by atoms with Crippen molar-refractivity contribution < 1.29 is 0 Å². The maximum atomic E-state index is 4.62. The SMILES string of the molecule is Cc1ccc(SC2=NC3CC3S2)cc1. The first-order valence-electron chi connectivity index (χ1n) is 4.80. The molecule has 3 rings (SSSR count). The summed E-state index contributed by atoms with van der Waals surface area (Å²) in [6.45, 7) is 2.12. The molecule has 1 aliphatic carbocycles. The fraction of sp³-hybridized carbons (Fsp3) is 0.364. The van der Waals surface area contributed by atoms with Crippen molar-refractivity contribution in [3.63, 3.8) is 0 Å². The van der Waals surface area contributed by atoms with Crippen LogP contribution >= 0.6 is 23.5 Å². The number of benzene rings is 1. The van der Waals surface area contributed by atoms with Gasteiger partial charge in [0.2, 0.25) is 0 Å². The maximum Gasteiger partial charge on any atom is 0.130 e. The van der Waals surface area contributed by atoms with Crippen molar-refractivity contribution in [3.8, 4) is 0 Å². The van der Waals surface area contributed by atoms with Gasteiger partial charge in [-0.15, -0.1) is 0 Å². The Kier molecular flexibility index (Phi) is 2.10. The lowest BCUT2D eigenvalue weighted by Gasteiger charge is -2.01. The fourth-order valence-electron chi connectivity index (χ4n) is 1.47. The number of fused-ring (bicyclic) bond motifs is 1. The second-order valence-electron chi connectivity index (χ2n) is 3.77. The molecule has 1 nitrogen and oxygen atoms in total. The zero-order valence-corrected chi connectivity index (χ0v) is 9.57. The van der Waals surface area contributed by atoms with E-state index < -0.39 is 0 Å². The lowest BCUT2D eigenvalue weighted by molar-refractivity contribution is 1.09. The average Bonchev–Trinajstić information content (AvgIpc) is 2.79. The zero-order valence-electron chi connectivity index (χ0n) is 7.93. The van der Waals surface area contributed by atoms with Crippen LogP contribution in [0.25, 0.3) is 0 Å². The topological polar surface area (TPSA) is 12.4 Å². The Bertz CT molecular complexity index is 383. The van der Waals surface area contributed by atoms with Crippen molar-refractivity contribution in [2.24, 2.45) is 4.99 Å². The molecule has 0 radical (unpaired) electrons. The first-order valence-corrected chi connectivity index (χ1v) is 6.50. The van der Waals surface area contributed by atoms with E-state index >= 15 is 0 Å². The van der Waals surface area contributed by atoms with Crippen molar-refractivity contribution in [2.75, 3.05) is 0 Å². The number of aliphatic imine (C=N–C) groups is 1. The third-order valence-corrected chi connectivity index (χ3v) is 4.89. The van der Waals surface area contributed by atoms with Crippen molar-refractivity contribution in [2.45, 2.75) is 29.5 Å². The predicted molar refractivity (Wildman–Crippen MR) is 64.3 cm³/mol. The number of aryl methyl sites for hydroxylation is 1. The molecule has 0 saturated heterocycles. The molecule has 0 bridgehead atoms. The Hall–Kier alpha value is -0.410. The average molecular weight is 221 g/mol. The van der Waals surface area contributed by atoms with E-state index in [1.165, 1.54) is 21.3 Å². The van der Waals surface area contributed by atoms with Gasteiger partial charge in [0.25, 0.3) is 0 Å². The van der Waals surface area contributed by atoms with Crippen LogP contribution in [-0.4, -0.2) is 15.7 Å². The summed E-state index contributed by atoms with van der Waals surface area (Å²) in [5, 5.41) is 0.822. The molecule has 1 saturated carbocycles. The minimum Gasteiger partial charge on any atom is -0.267 e. The number of rotatable bonds is 1. The Labute approximate surface area is 92.4 Å². The molecule has 1 aromatic rings. The van der Waals surface area contributed by atoms with Crippen molar-refractivity contribution in [3.05, 3.63) is 29.8 Å². The highest BCUT2D eigenvalue weighted by Gasteiger charge is 2.44. The van der Waals surface area contributed by atoms with Gasteiger partial charge < -0.3 is 0 Å². The first kappa shape index (κ1) is 8.86. The maximum absolute atomic E-state index is 4.62. The van der Waals surface area contributed by atoms with E-state index in [1.807, 2.05) is 23.5 Å². The minimum atomic E-state index is 0.660. The van der Waals surface area contributed by atoms with E-state index in [2.05, 4.69) is 36.2 Å². The molecule has 2 atom stereocenters. The Morgan fingerprint density at radius 1 is 1.36 bits per heavy atom. The molecule has 2 unspecified atom stereocenters. The number of nitrogens with zero attached hydrogens (tertiary/aromatic N) is 1.